The number of aliphatic carboxylic acids is 1. The third kappa shape index (κ3) is 14.6. The SMILES string of the molecule is CC(C)C[C@H](NC(=O)[C@@H](N)CCCCN)C(=O)N[C@@H](CCC(N)=O)C(=O)N[C@@H](CCCCN)C(=O)O. The highest BCUT2D eigenvalue weighted by atomic mass is 16.4. The Balaban J connectivity index is 5.47. The molecule has 0 aromatic rings. The third-order valence-corrected chi connectivity index (χ3v) is 5.52. The number of nitrogens with two attached hydrogens (primary N) is 4. The van der Waals surface area contributed by atoms with E-state index in [9.17, 15) is 29.1 Å². The molecule has 4 atom stereocenters. The number of rotatable bonds is 20. The summed E-state index contributed by atoms with van der Waals surface area (Å²) in [7, 11) is 0. The van der Waals surface area contributed by atoms with Crippen molar-refractivity contribution in [1.29, 1.82) is 0 Å². The van der Waals surface area contributed by atoms with Crippen molar-refractivity contribution in [2.45, 2.75) is 95.8 Å². The maximum Gasteiger partial charge on any atom is 0.326 e. The van der Waals surface area contributed by atoms with E-state index in [-0.39, 0.29) is 31.6 Å². The van der Waals surface area contributed by atoms with Gasteiger partial charge in [0.25, 0.3) is 0 Å². The second kappa shape index (κ2) is 18.5. The van der Waals surface area contributed by atoms with Gasteiger partial charge in [0.1, 0.15) is 18.1 Å². The van der Waals surface area contributed by atoms with E-state index in [1.807, 2.05) is 13.8 Å². The van der Waals surface area contributed by atoms with Crippen LogP contribution in [0.3, 0.4) is 0 Å². The Labute approximate surface area is 212 Å². The number of primary amides is 1. The summed E-state index contributed by atoms with van der Waals surface area (Å²) in [5.41, 5.74) is 22.1. The Morgan fingerprint density at radius 2 is 1.22 bits per heavy atom. The Morgan fingerprint density at radius 3 is 1.72 bits per heavy atom. The number of carboxylic acids is 1. The number of nitrogens with one attached hydrogen (secondary N) is 3. The number of carbonyl (C=O) groups excluding carboxylic acids is 4. The minimum atomic E-state index is -1.23. The molecular weight excluding hydrogens is 470 g/mol. The highest BCUT2D eigenvalue weighted by Gasteiger charge is 2.30. The number of amides is 4. The number of carboxylic acid groups (broad SMARTS) is 1. The fourth-order valence-electron chi connectivity index (χ4n) is 3.47. The lowest BCUT2D eigenvalue weighted by Crippen LogP contribution is -2.57. The molecule has 0 bridgehead atoms. The quantitative estimate of drug-likeness (QED) is 0.0870. The zero-order valence-corrected chi connectivity index (χ0v) is 21.5. The molecule has 13 heteroatoms. The van der Waals surface area contributed by atoms with Crippen molar-refractivity contribution in [3.05, 3.63) is 0 Å². The van der Waals surface area contributed by atoms with Crippen LogP contribution in [0.1, 0.15) is 71.6 Å². The van der Waals surface area contributed by atoms with E-state index in [4.69, 9.17) is 22.9 Å². The number of unbranched alkanes of at least 4 members (excludes halogenated alkanes) is 2. The molecule has 4 amide bonds. The van der Waals surface area contributed by atoms with E-state index in [1.165, 1.54) is 0 Å². The average Bonchev–Trinajstić information content (AvgIpc) is 2.79. The second-order valence-electron chi connectivity index (χ2n) is 9.33. The summed E-state index contributed by atoms with van der Waals surface area (Å²) >= 11 is 0. The molecule has 0 spiro atoms. The zero-order chi connectivity index (χ0) is 27.7. The summed E-state index contributed by atoms with van der Waals surface area (Å²) in [6, 6.07) is -4.22. The van der Waals surface area contributed by atoms with Gasteiger partial charge < -0.3 is 44.0 Å². The lowest BCUT2D eigenvalue weighted by Gasteiger charge is -2.26. The Bertz CT molecular complexity index is 719. The van der Waals surface area contributed by atoms with Crippen LogP contribution in [-0.4, -0.2) is 72.0 Å². The minimum Gasteiger partial charge on any atom is -0.480 e. The van der Waals surface area contributed by atoms with E-state index in [0.29, 0.717) is 38.8 Å². The fraction of sp³-hybridized carbons (Fsp3) is 0.783. The first-order chi connectivity index (χ1) is 16.9. The fourth-order valence-corrected chi connectivity index (χ4v) is 3.47. The van der Waals surface area contributed by atoms with Crippen molar-refractivity contribution in [2.24, 2.45) is 28.9 Å². The summed E-state index contributed by atoms with van der Waals surface area (Å²) < 4.78 is 0. The molecule has 0 saturated heterocycles. The van der Waals surface area contributed by atoms with Crippen LogP contribution in [-0.2, 0) is 24.0 Å². The maximum atomic E-state index is 13.1. The molecule has 0 heterocycles. The number of hydrogen-bond acceptors (Lipinski definition) is 8. The van der Waals surface area contributed by atoms with Gasteiger partial charge in [-0.15, -0.1) is 0 Å². The van der Waals surface area contributed by atoms with Gasteiger partial charge in [-0.3, -0.25) is 19.2 Å². The van der Waals surface area contributed by atoms with Crippen molar-refractivity contribution in [3.63, 3.8) is 0 Å². The molecule has 12 N–H and O–H groups in total. The molecule has 208 valence electrons. The van der Waals surface area contributed by atoms with Crippen LogP contribution in [0.5, 0.6) is 0 Å². The molecule has 0 aromatic carbocycles. The monoisotopic (exact) mass is 515 g/mol. The van der Waals surface area contributed by atoms with E-state index >= 15 is 0 Å². The summed E-state index contributed by atoms with van der Waals surface area (Å²) in [6.07, 6.45) is 2.95. The third-order valence-electron chi connectivity index (χ3n) is 5.52. The van der Waals surface area contributed by atoms with Gasteiger partial charge in [0.05, 0.1) is 6.04 Å². The van der Waals surface area contributed by atoms with Crippen LogP contribution in [0.2, 0.25) is 0 Å². The predicted molar refractivity (Wildman–Crippen MR) is 135 cm³/mol. The van der Waals surface area contributed by atoms with E-state index < -0.39 is 53.8 Å². The largest absolute Gasteiger partial charge is 0.480 e. The normalized spacial score (nSPS) is 14.4. The second-order valence-corrected chi connectivity index (χ2v) is 9.33. The topological polar surface area (TPSA) is 246 Å². The number of carbonyl (C=O) groups is 5. The molecule has 0 unspecified atom stereocenters. The first-order valence-corrected chi connectivity index (χ1v) is 12.5. The molecule has 0 aliphatic rings. The smallest absolute Gasteiger partial charge is 0.326 e. The first kappa shape index (κ1) is 33.2. The lowest BCUT2D eigenvalue weighted by atomic mass is 10.0. The summed E-state index contributed by atoms with van der Waals surface area (Å²) in [5, 5.41) is 17.0. The van der Waals surface area contributed by atoms with E-state index in [2.05, 4.69) is 16.0 Å². The van der Waals surface area contributed by atoms with Crippen LogP contribution in [0.25, 0.3) is 0 Å². The van der Waals surface area contributed by atoms with E-state index in [1.54, 1.807) is 0 Å². The standard InChI is InChI=1S/C23H45N7O6/c1-14(2)13-18(30-20(32)15(26)7-3-5-11-24)22(34)28-16(9-10-19(27)31)21(33)29-17(23(35)36)8-4-6-12-25/h14-18H,3-13,24-26H2,1-2H3,(H2,27,31)(H,28,34)(H,29,33)(H,30,32)(H,35,36)/t15-,16-,17-,18-/m0/s1. The van der Waals surface area contributed by atoms with Gasteiger partial charge >= 0.3 is 5.97 Å². The van der Waals surface area contributed by atoms with Crippen LogP contribution in [0.4, 0.5) is 0 Å². The van der Waals surface area contributed by atoms with Crippen molar-refractivity contribution in [2.75, 3.05) is 13.1 Å². The molecule has 0 radical (unpaired) electrons. The van der Waals surface area contributed by atoms with Crippen molar-refractivity contribution in [3.8, 4) is 0 Å². The van der Waals surface area contributed by atoms with Crippen LogP contribution in [0, 0.1) is 5.92 Å². The molecule has 0 saturated carbocycles. The first-order valence-electron chi connectivity index (χ1n) is 12.5. The van der Waals surface area contributed by atoms with Gasteiger partial charge in [0.15, 0.2) is 0 Å². The van der Waals surface area contributed by atoms with Crippen LogP contribution in [0.15, 0.2) is 0 Å². The molecule has 0 fully saturated rings. The van der Waals surface area contributed by atoms with Crippen molar-refractivity contribution in [1.82, 2.24) is 16.0 Å². The van der Waals surface area contributed by atoms with Gasteiger partial charge in [-0.2, -0.15) is 0 Å². The lowest BCUT2D eigenvalue weighted by molar-refractivity contribution is -0.142. The number of hydrogen-bond donors (Lipinski definition) is 8. The highest BCUT2D eigenvalue weighted by molar-refractivity contribution is 5.94. The van der Waals surface area contributed by atoms with Gasteiger partial charge in [-0.25, -0.2) is 4.79 Å². The van der Waals surface area contributed by atoms with Gasteiger partial charge in [0.2, 0.25) is 23.6 Å². The van der Waals surface area contributed by atoms with Gasteiger partial charge in [-0.05, 0) is 64.0 Å². The van der Waals surface area contributed by atoms with Crippen molar-refractivity contribution >= 4 is 29.6 Å². The molecule has 36 heavy (non-hydrogen) atoms. The average molecular weight is 516 g/mol. The Kier molecular flexibility index (Phi) is 17.1. The predicted octanol–water partition coefficient (Wildman–Crippen LogP) is -1.58. The Hall–Kier alpha value is -2.77. The molecule has 0 rings (SSSR count). The molecule has 13 nitrogen and oxygen atoms in total. The highest BCUT2D eigenvalue weighted by Crippen LogP contribution is 2.09. The molecule has 0 aromatic heterocycles. The summed E-state index contributed by atoms with van der Waals surface area (Å²) in [5.74, 6) is -3.81. The molecule has 0 aliphatic carbocycles. The summed E-state index contributed by atoms with van der Waals surface area (Å²) in [4.78, 5) is 61.4. The van der Waals surface area contributed by atoms with E-state index in [0.717, 1.165) is 6.42 Å². The Morgan fingerprint density at radius 1 is 0.722 bits per heavy atom. The summed E-state index contributed by atoms with van der Waals surface area (Å²) in [6.45, 7) is 4.60. The maximum absolute atomic E-state index is 13.1. The molecule has 0 aliphatic heterocycles. The van der Waals surface area contributed by atoms with Crippen LogP contribution >= 0.6 is 0 Å². The molecular formula is C23H45N7O6. The van der Waals surface area contributed by atoms with Gasteiger partial charge in [-0.1, -0.05) is 20.3 Å². The minimum absolute atomic E-state index is 0.0198. The van der Waals surface area contributed by atoms with Crippen molar-refractivity contribution < 1.29 is 29.1 Å². The van der Waals surface area contributed by atoms with Crippen LogP contribution < -0.4 is 38.9 Å². The van der Waals surface area contributed by atoms with Gasteiger partial charge in [0, 0.05) is 6.42 Å². The zero-order valence-electron chi connectivity index (χ0n) is 21.5.